The van der Waals surface area contributed by atoms with Crippen molar-refractivity contribution in [3.63, 3.8) is 0 Å². The molecule has 0 aliphatic heterocycles. The fourth-order valence-electron chi connectivity index (χ4n) is 4.83. The van der Waals surface area contributed by atoms with Gasteiger partial charge in [-0.05, 0) is 73.5 Å². The standard InChI is InChI=1S/C33H34N4O/c1-22-20-26(21-23(2)32(22)38)33-34-30(24-12-16-27(17-13-24)35(3)4)31(37(33)29-10-8-7-9-11-29)25-14-18-28(19-15-25)36(5)6/h7-21,38H,1-6H3. The van der Waals surface area contributed by atoms with Gasteiger partial charge in [-0.15, -0.1) is 0 Å². The van der Waals surface area contributed by atoms with Crippen LogP contribution in [0.3, 0.4) is 0 Å². The van der Waals surface area contributed by atoms with Crippen molar-refractivity contribution < 1.29 is 5.11 Å². The minimum atomic E-state index is 0.325. The quantitative estimate of drug-likeness (QED) is 0.264. The highest BCUT2D eigenvalue weighted by Gasteiger charge is 2.23. The van der Waals surface area contributed by atoms with Crippen molar-refractivity contribution in [2.75, 3.05) is 38.0 Å². The maximum Gasteiger partial charge on any atom is 0.145 e. The minimum Gasteiger partial charge on any atom is -0.507 e. The van der Waals surface area contributed by atoms with Crippen LogP contribution < -0.4 is 9.80 Å². The van der Waals surface area contributed by atoms with Crippen LogP contribution in [0.2, 0.25) is 0 Å². The zero-order chi connectivity index (χ0) is 27.0. The third-order valence-corrected chi connectivity index (χ3v) is 6.96. The van der Waals surface area contributed by atoms with Gasteiger partial charge in [-0.1, -0.05) is 42.5 Å². The van der Waals surface area contributed by atoms with Crippen LogP contribution in [0.1, 0.15) is 11.1 Å². The Morgan fingerprint density at radius 1 is 0.632 bits per heavy atom. The summed E-state index contributed by atoms with van der Waals surface area (Å²) in [4.78, 5) is 9.51. The maximum absolute atomic E-state index is 10.5. The average Bonchev–Trinajstić information content (AvgIpc) is 3.32. The molecule has 1 N–H and O–H groups in total. The van der Waals surface area contributed by atoms with Gasteiger partial charge in [0.15, 0.2) is 0 Å². The van der Waals surface area contributed by atoms with E-state index in [-0.39, 0.29) is 0 Å². The summed E-state index contributed by atoms with van der Waals surface area (Å²) in [7, 11) is 8.19. The Labute approximate surface area is 225 Å². The highest BCUT2D eigenvalue weighted by molar-refractivity contribution is 5.85. The number of anilines is 2. The number of imidazole rings is 1. The molecule has 0 bridgehead atoms. The maximum atomic E-state index is 10.5. The molecule has 0 saturated carbocycles. The summed E-state index contributed by atoms with van der Waals surface area (Å²) in [6.07, 6.45) is 0. The normalized spacial score (nSPS) is 11.0. The van der Waals surface area contributed by atoms with E-state index in [0.29, 0.717) is 5.75 Å². The summed E-state index contributed by atoms with van der Waals surface area (Å²) in [5, 5.41) is 10.5. The van der Waals surface area contributed by atoms with E-state index in [0.717, 1.165) is 62.1 Å². The van der Waals surface area contributed by atoms with Crippen LogP contribution in [0.15, 0.2) is 91.0 Å². The predicted molar refractivity (Wildman–Crippen MR) is 160 cm³/mol. The van der Waals surface area contributed by atoms with Gasteiger partial charge in [0.25, 0.3) is 0 Å². The first-order chi connectivity index (χ1) is 18.2. The first-order valence-electron chi connectivity index (χ1n) is 12.8. The molecule has 0 aliphatic rings. The zero-order valence-electron chi connectivity index (χ0n) is 22.9. The second-order valence-electron chi connectivity index (χ2n) is 10.1. The number of aryl methyl sites for hydroxylation is 2. The summed E-state index contributed by atoms with van der Waals surface area (Å²) in [6, 6.07) is 31.6. The molecule has 5 aromatic rings. The monoisotopic (exact) mass is 502 g/mol. The number of rotatable bonds is 6. The molecule has 0 atom stereocenters. The molecule has 0 amide bonds. The molecule has 4 aromatic carbocycles. The topological polar surface area (TPSA) is 44.5 Å². The first-order valence-corrected chi connectivity index (χ1v) is 12.8. The van der Waals surface area contributed by atoms with Crippen molar-refractivity contribution in [2.45, 2.75) is 13.8 Å². The van der Waals surface area contributed by atoms with Crippen molar-refractivity contribution in [3.05, 3.63) is 102 Å². The smallest absolute Gasteiger partial charge is 0.145 e. The lowest BCUT2D eigenvalue weighted by Gasteiger charge is -2.17. The van der Waals surface area contributed by atoms with Crippen molar-refractivity contribution in [1.82, 2.24) is 9.55 Å². The molecule has 0 fully saturated rings. The van der Waals surface area contributed by atoms with Gasteiger partial charge in [0, 0.05) is 61.9 Å². The molecule has 5 rings (SSSR count). The second-order valence-corrected chi connectivity index (χ2v) is 10.1. The summed E-state index contributed by atoms with van der Waals surface area (Å²) in [5.41, 5.74) is 9.99. The largest absolute Gasteiger partial charge is 0.507 e. The fraction of sp³-hybridized carbons (Fsp3) is 0.182. The molecular formula is C33H34N4O. The van der Waals surface area contributed by atoms with E-state index in [2.05, 4.69) is 101 Å². The van der Waals surface area contributed by atoms with E-state index in [4.69, 9.17) is 4.98 Å². The number of benzene rings is 4. The number of phenolic OH excluding ortho intramolecular Hbond substituents is 1. The summed E-state index contributed by atoms with van der Waals surface area (Å²) in [5.74, 6) is 1.16. The van der Waals surface area contributed by atoms with Gasteiger partial charge < -0.3 is 14.9 Å². The van der Waals surface area contributed by atoms with Crippen molar-refractivity contribution in [1.29, 1.82) is 0 Å². The molecular weight excluding hydrogens is 468 g/mol. The molecule has 0 saturated heterocycles. The van der Waals surface area contributed by atoms with E-state index in [1.807, 2.05) is 46.1 Å². The zero-order valence-corrected chi connectivity index (χ0v) is 22.9. The fourth-order valence-corrected chi connectivity index (χ4v) is 4.83. The molecule has 1 heterocycles. The predicted octanol–water partition coefficient (Wildman–Crippen LogP) is 7.33. The Morgan fingerprint density at radius 2 is 1.13 bits per heavy atom. The van der Waals surface area contributed by atoms with E-state index < -0.39 is 0 Å². The number of nitrogens with zero attached hydrogens (tertiary/aromatic N) is 4. The molecule has 38 heavy (non-hydrogen) atoms. The molecule has 192 valence electrons. The summed E-state index contributed by atoms with van der Waals surface area (Å²) in [6.45, 7) is 3.87. The van der Waals surface area contributed by atoms with Crippen LogP contribution in [0.5, 0.6) is 5.75 Å². The van der Waals surface area contributed by atoms with Gasteiger partial charge in [0.05, 0.1) is 11.4 Å². The molecule has 1 aromatic heterocycles. The number of aromatic nitrogens is 2. The van der Waals surface area contributed by atoms with E-state index in [1.54, 1.807) is 0 Å². The van der Waals surface area contributed by atoms with Gasteiger partial charge in [-0.2, -0.15) is 0 Å². The Kier molecular flexibility index (Phi) is 6.68. The van der Waals surface area contributed by atoms with Crippen LogP contribution >= 0.6 is 0 Å². The molecule has 0 unspecified atom stereocenters. The van der Waals surface area contributed by atoms with Crippen LogP contribution in [-0.4, -0.2) is 42.8 Å². The molecule has 5 nitrogen and oxygen atoms in total. The van der Waals surface area contributed by atoms with Crippen LogP contribution in [0.25, 0.3) is 39.6 Å². The Morgan fingerprint density at radius 3 is 1.63 bits per heavy atom. The third-order valence-electron chi connectivity index (χ3n) is 6.96. The molecule has 0 spiro atoms. The van der Waals surface area contributed by atoms with Gasteiger partial charge >= 0.3 is 0 Å². The van der Waals surface area contributed by atoms with E-state index in [1.165, 1.54) is 0 Å². The third kappa shape index (κ3) is 4.63. The van der Waals surface area contributed by atoms with Gasteiger partial charge in [0.2, 0.25) is 0 Å². The first kappa shape index (κ1) is 25.2. The van der Waals surface area contributed by atoms with Gasteiger partial charge in [-0.25, -0.2) is 4.98 Å². The van der Waals surface area contributed by atoms with Crippen molar-refractivity contribution in [2.24, 2.45) is 0 Å². The van der Waals surface area contributed by atoms with Gasteiger partial charge in [-0.3, -0.25) is 4.57 Å². The van der Waals surface area contributed by atoms with Crippen molar-refractivity contribution in [3.8, 4) is 45.3 Å². The van der Waals surface area contributed by atoms with E-state index >= 15 is 0 Å². The molecule has 5 heteroatoms. The number of aromatic hydroxyl groups is 1. The summed E-state index contributed by atoms with van der Waals surface area (Å²) >= 11 is 0. The van der Waals surface area contributed by atoms with E-state index in [9.17, 15) is 5.11 Å². The molecule has 0 aliphatic carbocycles. The van der Waals surface area contributed by atoms with Crippen LogP contribution in [0.4, 0.5) is 11.4 Å². The minimum absolute atomic E-state index is 0.325. The Hall–Kier alpha value is -4.51. The second kappa shape index (κ2) is 10.1. The number of para-hydroxylation sites is 1. The lowest BCUT2D eigenvalue weighted by molar-refractivity contribution is 0.467. The highest BCUT2D eigenvalue weighted by Crippen LogP contribution is 2.40. The summed E-state index contributed by atoms with van der Waals surface area (Å²) < 4.78 is 2.24. The highest BCUT2D eigenvalue weighted by atomic mass is 16.3. The van der Waals surface area contributed by atoms with Crippen LogP contribution in [0, 0.1) is 13.8 Å². The average molecular weight is 503 g/mol. The lowest BCUT2D eigenvalue weighted by atomic mass is 10.0. The number of phenols is 1. The lowest BCUT2D eigenvalue weighted by Crippen LogP contribution is -2.08. The Bertz CT molecular complexity index is 1540. The van der Waals surface area contributed by atoms with Crippen LogP contribution in [-0.2, 0) is 0 Å². The number of hydrogen-bond donors (Lipinski definition) is 1. The Balaban J connectivity index is 1.85. The SMILES string of the molecule is Cc1cc(-c2nc(-c3ccc(N(C)C)cc3)c(-c3ccc(N(C)C)cc3)n2-c2ccccc2)cc(C)c1O. The molecule has 0 radical (unpaired) electrons. The number of hydrogen-bond acceptors (Lipinski definition) is 4. The van der Waals surface area contributed by atoms with Gasteiger partial charge in [0.1, 0.15) is 11.6 Å². The van der Waals surface area contributed by atoms with Crippen molar-refractivity contribution >= 4 is 11.4 Å².